The molecule has 1 heterocycles. The molecule has 1 atom stereocenters. The van der Waals surface area contributed by atoms with Gasteiger partial charge in [0, 0.05) is 10.4 Å². The Kier molecular flexibility index (Phi) is 3.79. The summed E-state index contributed by atoms with van der Waals surface area (Å²) in [4.78, 5) is 12.7. The summed E-state index contributed by atoms with van der Waals surface area (Å²) in [6.07, 6.45) is 0. The highest BCUT2D eigenvalue weighted by Gasteiger charge is 2.24. The lowest BCUT2D eigenvalue weighted by Crippen LogP contribution is -2.38. The van der Waals surface area contributed by atoms with Crippen LogP contribution in [0.5, 0.6) is 0 Å². The van der Waals surface area contributed by atoms with Gasteiger partial charge in [-0.15, -0.1) is 11.3 Å². The molecule has 0 radical (unpaired) electrons. The molecule has 1 aromatic carbocycles. The number of carbonyl (C=O) groups is 1. The monoisotopic (exact) mass is 261 g/mol. The number of hydrogen-bond acceptors (Lipinski definition) is 3. The largest absolute Gasteiger partial charge is 0.383 e. The fourth-order valence-electron chi connectivity index (χ4n) is 1.62. The van der Waals surface area contributed by atoms with Gasteiger partial charge in [0.25, 0.3) is 5.91 Å². The standard InChI is InChI=1S/C14H15NO2S/c1-14(17,12-8-5-9-18-12)10-15-13(16)11-6-3-2-4-7-11/h2-9,17H,10H2,1H3,(H,15,16). The van der Waals surface area contributed by atoms with Crippen LogP contribution in [-0.2, 0) is 5.60 Å². The van der Waals surface area contributed by atoms with E-state index < -0.39 is 5.60 Å². The summed E-state index contributed by atoms with van der Waals surface area (Å²) in [6, 6.07) is 12.7. The highest BCUT2D eigenvalue weighted by Crippen LogP contribution is 2.24. The van der Waals surface area contributed by atoms with Crippen molar-refractivity contribution in [3.63, 3.8) is 0 Å². The fourth-order valence-corrected chi connectivity index (χ4v) is 2.40. The van der Waals surface area contributed by atoms with Gasteiger partial charge in [0.2, 0.25) is 0 Å². The lowest BCUT2D eigenvalue weighted by molar-refractivity contribution is 0.0557. The second-order valence-electron chi connectivity index (χ2n) is 4.30. The third kappa shape index (κ3) is 2.97. The molecule has 94 valence electrons. The molecule has 4 heteroatoms. The average molecular weight is 261 g/mol. The summed E-state index contributed by atoms with van der Waals surface area (Å²) in [5.41, 5.74) is -0.432. The summed E-state index contributed by atoms with van der Waals surface area (Å²) < 4.78 is 0. The maximum atomic E-state index is 11.8. The zero-order chi connectivity index (χ0) is 13.0. The molecule has 1 unspecified atom stereocenters. The van der Waals surface area contributed by atoms with Gasteiger partial charge in [-0.05, 0) is 30.5 Å². The highest BCUT2D eigenvalue weighted by molar-refractivity contribution is 7.10. The van der Waals surface area contributed by atoms with Crippen LogP contribution in [0, 0.1) is 0 Å². The molecule has 0 fully saturated rings. The topological polar surface area (TPSA) is 49.3 Å². The van der Waals surface area contributed by atoms with Gasteiger partial charge in [-0.2, -0.15) is 0 Å². The van der Waals surface area contributed by atoms with Crippen molar-refractivity contribution in [2.24, 2.45) is 0 Å². The van der Waals surface area contributed by atoms with E-state index in [9.17, 15) is 9.90 Å². The first-order valence-electron chi connectivity index (χ1n) is 5.69. The zero-order valence-corrected chi connectivity index (χ0v) is 10.9. The van der Waals surface area contributed by atoms with Gasteiger partial charge in [0.05, 0.1) is 6.54 Å². The number of nitrogens with one attached hydrogen (secondary N) is 1. The van der Waals surface area contributed by atoms with Gasteiger partial charge < -0.3 is 10.4 Å². The van der Waals surface area contributed by atoms with Crippen molar-refractivity contribution in [1.29, 1.82) is 0 Å². The first-order chi connectivity index (χ1) is 8.59. The summed E-state index contributed by atoms with van der Waals surface area (Å²) in [5, 5.41) is 14.9. The molecule has 1 amide bonds. The van der Waals surface area contributed by atoms with Crippen LogP contribution in [-0.4, -0.2) is 17.6 Å². The molecule has 0 spiro atoms. The van der Waals surface area contributed by atoms with Crippen LogP contribution < -0.4 is 5.32 Å². The predicted octanol–water partition coefficient (Wildman–Crippen LogP) is 2.39. The fraction of sp³-hybridized carbons (Fsp3) is 0.214. The minimum absolute atomic E-state index is 0.174. The second-order valence-corrected chi connectivity index (χ2v) is 5.25. The Hall–Kier alpha value is -1.65. The Morgan fingerprint density at radius 2 is 2.00 bits per heavy atom. The van der Waals surface area contributed by atoms with Crippen LogP contribution in [0.1, 0.15) is 22.2 Å². The van der Waals surface area contributed by atoms with Crippen molar-refractivity contribution < 1.29 is 9.90 Å². The van der Waals surface area contributed by atoms with Gasteiger partial charge >= 0.3 is 0 Å². The van der Waals surface area contributed by atoms with Gasteiger partial charge in [0.15, 0.2) is 0 Å². The van der Waals surface area contributed by atoms with E-state index in [0.29, 0.717) is 5.56 Å². The first kappa shape index (κ1) is 12.8. The second kappa shape index (κ2) is 5.33. The molecule has 0 saturated heterocycles. The molecule has 0 aliphatic heterocycles. The summed E-state index contributed by atoms with van der Waals surface area (Å²) >= 11 is 1.48. The molecule has 2 N–H and O–H groups in total. The Bertz CT molecular complexity index is 506. The lowest BCUT2D eigenvalue weighted by Gasteiger charge is -2.22. The van der Waals surface area contributed by atoms with Gasteiger partial charge in [-0.25, -0.2) is 0 Å². The maximum Gasteiger partial charge on any atom is 0.251 e. The Labute approximate surface area is 110 Å². The summed E-state index contributed by atoms with van der Waals surface area (Å²) in [5.74, 6) is -0.174. The molecule has 0 aliphatic carbocycles. The minimum atomic E-state index is -1.03. The van der Waals surface area contributed by atoms with Crippen molar-refractivity contribution >= 4 is 17.2 Å². The van der Waals surface area contributed by atoms with E-state index in [-0.39, 0.29) is 12.5 Å². The number of benzene rings is 1. The van der Waals surface area contributed by atoms with Crippen LogP contribution >= 0.6 is 11.3 Å². The van der Waals surface area contributed by atoms with Crippen LogP contribution in [0.3, 0.4) is 0 Å². The Morgan fingerprint density at radius 3 is 2.61 bits per heavy atom. The van der Waals surface area contributed by atoms with Crippen molar-refractivity contribution in [2.75, 3.05) is 6.54 Å². The van der Waals surface area contributed by atoms with Crippen LogP contribution in [0.4, 0.5) is 0 Å². The van der Waals surface area contributed by atoms with E-state index in [2.05, 4.69) is 5.32 Å². The third-order valence-electron chi connectivity index (χ3n) is 2.68. The smallest absolute Gasteiger partial charge is 0.251 e. The van der Waals surface area contributed by atoms with E-state index in [1.54, 1.807) is 19.1 Å². The molecule has 2 aromatic rings. The van der Waals surface area contributed by atoms with E-state index in [0.717, 1.165) is 4.88 Å². The molecule has 18 heavy (non-hydrogen) atoms. The SMILES string of the molecule is CC(O)(CNC(=O)c1ccccc1)c1cccs1. The molecular formula is C14H15NO2S. The van der Waals surface area contributed by atoms with E-state index in [1.807, 2.05) is 35.7 Å². The number of hydrogen-bond donors (Lipinski definition) is 2. The summed E-state index contributed by atoms with van der Waals surface area (Å²) in [7, 11) is 0. The third-order valence-corrected chi connectivity index (χ3v) is 3.80. The number of aliphatic hydroxyl groups is 1. The number of rotatable bonds is 4. The predicted molar refractivity (Wildman–Crippen MR) is 72.7 cm³/mol. The molecule has 0 bridgehead atoms. The maximum absolute atomic E-state index is 11.8. The van der Waals surface area contributed by atoms with Crippen molar-refractivity contribution in [3.8, 4) is 0 Å². The van der Waals surface area contributed by atoms with Gasteiger partial charge in [-0.3, -0.25) is 4.79 Å². The molecule has 1 aromatic heterocycles. The summed E-state index contributed by atoms with van der Waals surface area (Å²) in [6.45, 7) is 1.89. The lowest BCUT2D eigenvalue weighted by atomic mass is 10.1. The molecule has 3 nitrogen and oxygen atoms in total. The Balaban J connectivity index is 1.98. The number of carbonyl (C=O) groups excluding carboxylic acids is 1. The Morgan fingerprint density at radius 1 is 1.28 bits per heavy atom. The average Bonchev–Trinajstić information content (AvgIpc) is 2.92. The van der Waals surface area contributed by atoms with E-state index >= 15 is 0 Å². The molecule has 0 aliphatic rings. The molecular weight excluding hydrogens is 246 g/mol. The van der Waals surface area contributed by atoms with Crippen LogP contribution in [0.25, 0.3) is 0 Å². The number of thiophene rings is 1. The first-order valence-corrected chi connectivity index (χ1v) is 6.57. The zero-order valence-electron chi connectivity index (χ0n) is 10.1. The van der Waals surface area contributed by atoms with Crippen molar-refractivity contribution in [1.82, 2.24) is 5.32 Å². The van der Waals surface area contributed by atoms with Crippen molar-refractivity contribution in [2.45, 2.75) is 12.5 Å². The van der Waals surface area contributed by atoms with Crippen LogP contribution in [0.2, 0.25) is 0 Å². The van der Waals surface area contributed by atoms with Crippen molar-refractivity contribution in [3.05, 3.63) is 58.3 Å². The molecule has 0 saturated carbocycles. The minimum Gasteiger partial charge on any atom is -0.383 e. The van der Waals surface area contributed by atoms with Gasteiger partial charge in [-0.1, -0.05) is 24.3 Å². The van der Waals surface area contributed by atoms with E-state index in [1.165, 1.54) is 11.3 Å². The van der Waals surface area contributed by atoms with E-state index in [4.69, 9.17) is 0 Å². The molecule has 2 rings (SSSR count). The quantitative estimate of drug-likeness (QED) is 0.887. The number of amides is 1. The van der Waals surface area contributed by atoms with Gasteiger partial charge in [0.1, 0.15) is 5.60 Å². The normalized spacial score (nSPS) is 13.9. The van der Waals surface area contributed by atoms with Crippen LogP contribution in [0.15, 0.2) is 47.8 Å². The highest BCUT2D eigenvalue weighted by atomic mass is 32.1.